The zero-order valence-corrected chi connectivity index (χ0v) is 11.0. The van der Waals surface area contributed by atoms with Crippen LogP contribution in [0, 0.1) is 0 Å². The lowest BCUT2D eigenvalue weighted by atomic mass is 10.1. The molecule has 0 radical (unpaired) electrons. The Labute approximate surface area is 99.4 Å². The molecule has 3 heteroatoms. The Balaban J connectivity index is 2.03. The summed E-state index contributed by atoms with van der Waals surface area (Å²) in [7, 11) is -0.749. The average Bonchev–Trinajstić information content (AvgIpc) is 2.76. The number of hydrogen-bond acceptors (Lipinski definition) is 2. The summed E-state index contributed by atoms with van der Waals surface area (Å²) in [4.78, 5) is 1.01. The highest BCUT2D eigenvalue weighted by molar-refractivity contribution is 7.85. The Hall–Kier alpha value is -0.150. The van der Waals surface area contributed by atoms with E-state index in [4.69, 9.17) is 0 Å². The predicted octanol–water partition coefficient (Wildman–Crippen LogP) is 4.22. The van der Waals surface area contributed by atoms with Crippen LogP contribution in [-0.4, -0.2) is 9.96 Å². The summed E-state index contributed by atoms with van der Waals surface area (Å²) in [5.41, 5.74) is 0. The van der Waals surface area contributed by atoms with Gasteiger partial charge in [-0.1, -0.05) is 39.0 Å². The van der Waals surface area contributed by atoms with E-state index in [0.29, 0.717) is 0 Å². The van der Waals surface area contributed by atoms with Gasteiger partial charge in [-0.15, -0.1) is 0 Å². The quantitative estimate of drug-likeness (QED) is 0.626. The minimum atomic E-state index is -0.749. The molecule has 86 valence electrons. The Morgan fingerprint density at radius 2 is 1.93 bits per heavy atom. The second-order valence-electron chi connectivity index (χ2n) is 3.78. The van der Waals surface area contributed by atoms with Crippen molar-refractivity contribution in [3.8, 4) is 0 Å². The minimum absolute atomic E-state index is 0.749. The molecule has 1 unspecified atom stereocenters. The second-order valence-corrected chi connectivity index (χ2v) is 6.13. The molecule has 1 aromatic heterocycles. The molecule has 0 spiro atoms. The van der Waals surface area contributed by atoms with E-state index >= 15 is 0 Å². The maximum atomic E-state index is 11.7. The summed E-state index contributed by atoms with van der Waals surface area (Å²) in [5, 5.41) is 3.99. The van der Waals surface area contributed by atoms with Crippen molar-refractivity contribution in [3.63, 3.8) is 0 Å². The Morgan fingerprint density at radius 1 is 1.20 bits per heavy atom. The van der Waals surface area contributed by atoms with E-state index in [2.05, 4.69) is 6.92 Å². The van der Waals surface area contributed by atoms with Crippen LogP contribution in [0.4, 0.5) is 0 Å². The van der Waals surface area contributed by atoms with Gasteiger partial charge in [0, 0.05) is 16.0 Å². The van der Waals surface area contributed by atoms with Crippen LogP contribution in [0.15, 0.2) is 21.7 Å². The van der Waals surface area contributed by atoms with Crippen molar-refractivity contribution in [1.29, 1.82) is 0 Å². The molecular weight excluding hydrogens is 224 g/mol. The normalized spacial score (nSPS) is 12.9. The third kappa shape index (κ3) is 5.47. The predicted molar refractivity (Wildman–Crippen MR) is 69.0 cm³/mol. The van der Waals surface area contributed by atoms with E-state index in [1.807, 2.05) is 16.8 Å². The molecule has 0 fully saturated rings. The van der Waals surface area contributed by atoms with E-state index in [9.17, 15) is 4.21 Å². The fraction of sp³-hybridized carbons (Fsp3) is 0.667. The molecular formula is C12H20OS2. The monoisotopic (exact) mass is 244 g/mol. The summed E-state index contributed by atoms with van der Waals surface area (Å²) >= 11 is 1.63. The third-order valence-electron chi connectivity index (χ3n) is 2.44. The van der Waals surface area contributed by atoms with Crippen LogP contribution in [-0.2, 0) is 10.8 Å². The molecule has 0 aliphatic rings. The zero-order valence-electron chi connectivity index (χ0n) is 9.41. The highest BCUT2D eigenvalue weighted by atomic mass is 32.2. The van der Waals surface area contributed by atoms with E-state index in [1.165, 1.54) is 32.1 Å². The fourth-order valence-electron chi connectivity index (χ4n) is 1.51. The first kappa shape index (κ1) is 12.9. The number of unbranched alkanes of at least 4 members (excludes halogenated alkanes) is 5. The van der Waals surface area contributed by atoms with Crippen molar-refractivity contribution in [2.24, 2.45) is 0 Å². The van der Waals surface area contributed by atoms with Crippen LogP contribution < -0.4 is 0 Å². The topological polar surface area (TPSA) is 17.1 Å². The van der Waals surface area contributed by atoms with Gasteiger partial charge in [-0.05, 0) is 17.9 Å². The first-order valence-corrected chi connectivity index (χ1v) is 8.01. The van der Waals surface area contributed by atoms with Crippen LogP contribution in [0.2, 0.25) is 0 Å². The average molecular weight is 244 g/mol. The molecule has 15 heavy (non-hydrogen) atoms. The third-order valence-corrected chi connectivity index (χ3v) is 4.71. The van der Waals surface area contributed by atoms with E-state index < -0.39 is 10.8 Å². The van der Waals surface area contributed by atoms with Gasteiger partial charge in [-0.25, -0.2) is 0 Å². The summed E-state index contributed by atoms with van der Waals surface area (Å²) in [6.07, 6.45) is 7.60. The molecule has 1 nitrogen and oxygen atoms in total. The highest BCUT2D eigenvalue weighted by Gasteiger charge is 2.02. The van der Waals surface area contributed by atoms with Crippen molar-refractivity contribution in [2.75, 3.05) is 5.75 Å². The van der Waals surface area contributed by atoms with Gasteiger partial charge in [0.25, 0.3) is 0 Å². The molecule has 0 saturated heterocycles. The van der Waals surface area contributed by atoms with Crippen molar-refractivity contribution in [1.82, 2.24) is 0 Å². The largest absolute Gasteiger partial charge is 0.254 e. The van der Waals surface area contributed by atoms with Gasteiger partial charge in [0.2, 0.25) is 0 Å². The van der Waals surface area contributed by atoms with Gasteiger partial charge in [0.15, 0.2) is 0 Å². The molecule has 0 aliphatic carbocycles. The molecule has 1 atom stereocenters. The lowest BCUT2D eigenvalue weighted by Gasteiger charge is -2.00. The number of rotatable bonds is 8. The van der Waals surface area contributed by atoms with Gasteiger partial charge >= 0.3 is 0 Å². The zero-order chi connectivity index (χ0) is 10.9. The summed E-state index contributed by atoms with van der Waals surface area (Å²) in [6.45, 7) is 2.23. The summed E-state index contributed by atoms with van der Waals surface area (Å²) in [5.74, 6) is 0.836. The molecule has 0 bridgehead atoms. The molecule has 0 aromatic carbocycles. The van der Waals surface area contributed by atoms with Crippen molar-refractivity contribution in [3.05, 3.63) is 16.8 Å². The van der Waals surface area contributed by atoms with Gasteiger partial charge in [0.05, 0.1) is 10.8 Å². The number of thiophene rings is 1. The van der Waals surface area contributed by atoms with Crippen molar-refractivity contribution >= 4 is 22.1 Å². The van der Waals surface area contributed by atoms with Gasteiger partial charge in [-0.2, -0.15) is 11.3 Å². The fourth-order valence-corrected chi connectivity index (χ4v) is 3.63. The van der Waals surface area contributed by atoms with Gasteiger partial charge in [0.1, 0.15) is 0 Å². The van der Waals surface area contributed by atoms with Crippen LogP contribution in [0.25, 0.3) is 0 Å². The molecule has 1 aromatic rings. The molecule has 0 aliphatic heterocycles. The van der Waals surface area contributed by atoms with E-state index in [0.717, 1.165) is 17.1 Å². The van der Waals surface area contributed by atoms with Gasteiger partial charge < -0.3 is 0 Å². The minimum Gasteiger partial charge on any atom is -0.254 e. The first-order valence-electron chi connectivity index (χ1n) is 5.75. The maximum absolute atomic E-state index is 11.7. The lowest BCUT2D eigenvalue weighted by molar-refractivity contribution is 0.622. The first-order chi connectivity index (χ1) is 7.34. The summed E-state index contributed by atoms with van der Waals surface area (Å²) < 4.78 is 11.7. The molecule has 1 rings (SSSR count). The van der Waals surface area contributed by atoms with Crippen LogP contribution >= 0.6 is 11.3 Å². The highest BCUT2D eigenvalue weighted by Crippen LogP contribution is 2.13. The Kier molecular flexibility index (Phi) is 6.94. The van der Waals surface area contributed by atoms with Gasteiger partial charge in [-0.3, -0.25) is 4.21 Å². The molecule has 1 heterocycles. The lowest BCUT2D eigenvalue weighted by Crippen LogP contribution is -1.96. The van der Waals surface area contributed by atoms with Crippen molar-refractivity contribution < 1.29 is 4.21 Å². The van der Waals surface area contributed by atoms with Crippen LogP contribution in [0.3, 0.4) is 0 Å². The van der Waals surface area contributed by atoms with E-state index in [1.54, 1.807) is 11.3 Å². The summed E-state index contributed by atoms with van der Waals surface area (Å²) in [6, 6.07) is 1.97. The molecule has 0 N–H and O–H groups in total. The van der Waals surface area contributed by atoms with E-state index in [-0.39, 0.29) is 0 Å². The Morgan fingerprint density at radius 3 is 2.60 bits per heavy atom. The van der Waals surface area contributed by atoms with Crippen LogP contribution in [0.1, 0.15) is 45.4 Å². The SMILES string of the molecule is CCCCCCCCS(=O)c1ccsc1. The molecule has 0 amide bonds. The maximum Gasteiger partial charge on any atom is 0.0537 e. The number of hydrogen-bond donors (Lipinski definition) is 0. The second kappa shape index (κ2) is 8.05. The standard InChI is InChI=1S/C12H20OS2/c1-2-3-4-5-6-7-10-15(13)12-8-9-14-11-12/h8-9,11H,2-7,10H2,1H3. The molecule has 0 saturated carbocycles. The van der Waals surface area contributed by atoms with Crippen molar-refractivity contribution in [2.45, 2.75) is 50.3 Å². The Bertz CT molecular complexity index is 267. The smallest absolute Gasteiger partial charge is 0.0537 e. The van der Waals surface area contributed by atoms with Crippen LogP contribution in [0.5, 0.6) is 0 Å².